The largest absolute Gasteiger partial charge is 0.467 e. The highest BCUT2D eigenvalue weighted by Crippen LogP contribution is 2.23. The molecule has 0 bridgehead atoms. The smallest absolute Gasteiger partial charge is 0.330 e. The molecular weight excluding hydrogens is 446 g/mol. The molecule has 0 aliphatic rings. The average Bonchev–Trinajstić information content (AvgIpc) is 3.54. The van der Waals surface area contributed by atoms with Crippen LogP contribution in [-0.4, -0.2) is 20.4 Å². The number of anilines is 2. The van der Waals surface area contributed by atoms with E-state index in [1.807, 2.05) is 49.4 Å². The maximum atomic E-state index is 13.4. The number of nitrogen functional groups attached to an aromatic ring is 1. The van der Waals surface area contributed by atoms with Crippen LogP contribution >= 0.6 is 0 Å². The van der Waals surface area contributed by atoms with Gasteiger partial charge in [-0.1, -0.05) is 43.7 Å². The Balaban J connectivity index is 1.60. The summed E-state index contributed by atoms with van der Waals surface area (Å²) in [4.78, 5) is 45.5. The van der Waals surface area contributed by atoms with Gasteiger partial charge in [0.15, 0.2) is 5.69 Å². The molecule has 9 heteroatoms. The number of benzene rings is 1. The quantitative estimate of drug-likeness (QED) is 0.322. The van der Waals surface area contributed by atoms with E-state index in [1.54, 1.807) is 12.1 Å². The summed E-state index contributed by atoms with van der Waals surface area (Å²) in [7, 11) is 0. The van der Waals surface area contributed by atoms with E-state index in [-0.39, 0.29) is 30.4 Å². The fourth-order valence-electron chi connectivity index (χ4n) is 3.98. The van der Waals surface area contributed by atoms with Crippen molar-refractivity contribution in [1.29, 1.82) is 0 Å². The van der Waals surface area contributed by atoms with Crippen LogP contribution in [0.4, 0.5) is 11.5 Å². The molecule has 1 aromatic carbocycles. The van der Waals surface area contributed by atoms with Gasteiger partial charge in [-0.3, -0.25) is 24.0 Å². The summed E-state index contributed by atoms with van der Waals surface area (Å²) in [5.41, 5.74) is 7.86. The molecular formula is C26H29N5O4. The van der Waals surface area contributed by atoms with Crippen LogP contribution in [0.5, 0.6) is 0 Å². The summed E-state index contributed by atoms with van der Waals surface area (Å²) >= 11 is 0. The lowest BCUT2D eigenvalue weighted by molar-refractivity contribution is -0.118. The molecule has 4 N–H and O–H groups in total. The number of aromatic amines is 2. The van der Waals surface area contributed by atoms with Gasteiger partial charge in [0.2, 0.25) is 5.91 Å². The second-order valence-corrected chi connectivity index (χ2v) is 8.32. The topological polar surface area (TPSA) is 130 Å². The lowest BCUT2D eigenvalue weighted by atomic mass is 10.2. The molecule has 9 nitrogen and oxygen atoms in total. The van der Waals surface area contributed by atoms with Gasteiger partial charge in [-0.2, -0.15) is 0 Å². The first-order chi connectivity index (χ1) is 17.0. The number of H-pyrrole nitrogens is 2. The monoisotopic (exact) mass is 475 g/mol. The zero-order valence-corrected chi connectivity index (χ0v) is 19.6. The second-order valence-electron chi connectivity index (χ2n) is 8.32. The van der Waals surface area contributed by atoms with Gasteiger partial charge in [0.1, 0.15) is 11.6 Å². The van der Waals surface area contributed by atoms with Crippen molar-refractivity contribution in [2.75, 3.05) is 10.6 Å². The Kier molecular flexibility index (Phi) is 7.35. The van der Waals surface area contributed by atoms with E-state index in [4.69, 9.17) is 10.2 Å². The highest BCUT2D eigenvalue weighted by Gasteiger charge is 2.25. The molecule has 35 heavy (non-hydrogen) atoms. The Bertz CT molecular complexity index is 1380. The summed E-state index contributed by atoms with van der Waals surface area (Å²) in [6.45, 7) is 2.36. The summed E-state index contributed by atoms with van der Waals surface area (Å²) in [6.07, 6.45) is 3.61. The first-order valence-corrected chi connectivity index (χ1v) is 11.7. The molecule has 0 aliphatic carbocycles. The number of aromatic nitrogens is 3. The fraction of sp³-hybridized carbons (Fsp3) is 0.269. The third-order valence-corrected chi connectivity index (χ3v) is 5.85. The van der Waals surface area contributed by atoms with Crippen LogP contribution in [0.2, 0.25) is 0 Å². The lowest BCUT2D eigenvalue weighted by Crippen LogP contribution is -2.41. The Morgan fingerprint density at radius 2 is 1.86 bits per heavy atom. The van der Waals surface area contributed by atoms with Gasteiger partial charge in [0.05, 0.1) is 12.8 Å². The number of nitrogens with one attached hydrogen (secondary N) is 2. The number of unbranched alkanes of at least 4 members (excludes halogenated alkanes) is 1. The molecule has 0 saturated carbocycles. The average molecular weight is 476 g/mol. The normalized spacial score (nSPS) is 11.0. The number of nitrogens with zero attached hydrogens (tertiary/aromatic N) is 2. The van der Waals surface area contributed by atoms with Gasteiger partial charge < -0.3 is 15.1 Å². The molecule has 3 aromatic heterocycles. The second kappa shape index (κ2) is 10.8. The summed E-state index contributed by atoms with van der Waals surface area (Å²) < 4.78 is 6.73. The van der Waals surface area contributed by atoms with E-state index in [0.717, 1.165) is 23.4 Å². The van der Waals surface area contributed by atoms with Gasteiger partial charge in [0.25, 0.3) is 5.56 Å². The molecule has 182 valence electrons. The van der Waals surface area contributed by atoms with E-state index in [9.17, 15) is 14.4 Å². The van der Waals surface area contributed by atoms with Crippen molar-refractivity contribution in [2.24, 2.45) is 0 Å². The van der Waals surface area contributed by atoms with Crippen LogP contribution in [0.25, 0.3) is 11.3 Å². The molecule has 4 aromatic rings. The Morgan fingerprint density at radius 1 is 1.06 bits per heavy atom. The first-order valence-electron chi connectivity index (χ1n) is 11.7. The maximum Gasteiger partial charge on any atom is 0.330 e. The van der Waals surface area contributed by atoms with Gasteiger partial charge in [0, 0.05) is 24.4 Å². The van der Waals surface area contributed by atoms with Crippen molar-refractivity contribution in [3.05, 3.63) is 93.2 Å². The highest BCUT2D eigenvalue weighted by atomic mass is 16.3. The minimum absolute atomic E-state index is 0.0189. The summed E-state index contributed by atoms with van der Waals surface area (Å²) in [5.74, 6) is 0.156. The summed E-state index contributed by atoms with van der Waals surface area (Å²) in [5, 5.41) is 0. The number of hydrogen-bond acceptors (Lipinski definition) is 5. The van der Waals surface area contributed by atoms with Crippen LogP contribution < -0.4 is 21.9 Å². The number of hydrogen-bond donors (Lipinski definition) is 3. The minimum atomic E-state index is -0.702. The first kappa shape index (κ1) is 23.9. The van der Waals surface area contributed by atoms with E-state index >= 15 is 0 Å². The molecule has 4 rings (SSSR count). The molecule has 0 atom stereocenters. The van der Waals surface area contributed by atoms with E-state index < -0.39 is 11.2 Å². The third kappa shape index (κ3) is 5.46. The van der Waals surface area contributed by atoms with E-state index in [2.05, 4.69) is 9.97 Å². The van der Waals surface area contributed by atoms with Crippen LogP contribution in [-0.2, 0) is 24.3 Å². The molecule has 0 saturated heterocycles. The van der Waals surface area contributed by atoms with E-state index in [1.165, 1.54) is 15.7 Å². The van der Waals surface area contributed by atoms with Gasteiger partial charge in [-0.15, -0.1) is 0 Å². The Morgan fingerprint density at radius 3 is 2.57 bits per heavy atom. The fourth-order valence-corrected chi connectivity index (χ4v) is 3.98. The van der Waals surface area contributed by atoms with Crippen molar-refractivity contribution >= 4 is 17.4 Å². The zero-order valence-electron chi connectivity index (χ0n) is 19.6. The van der Waals surface area contributed by atoms with Gasteiger partial charge >= 0.3 is 5.69 Å². The maximum absolute atomic E-state index is 13.4. The number of carbonyl (C=O) groups excluding carboxylic acids is 1. The number of amides is 1. The zero-order chi connectivity index (χ0) is 24.8. The van der Waals surface area contributed by atoms with Gasteiger partial charge in [-0.05, 0) is 42.7 Å². The Labute approximate surface area is 202 Å². The standard InChI is InChI=1S/C26H29N5O4/c1-2-3-15-30-24(27)23(25(33)29-26(30)34)31(17-20-10-7-16-35-20)22(32)14-12-19-11-13-21(28-19)18-8-5-4-6-9-18/h4-11,13,16,28H,2-3,12,14-15,17,27H2,1H3,(H,29,33,34). The molecule has 0 fully saturated rings. The molecule has 0 radical (unpaired) electrons. The number of carbonyl (C=O) groups is 1. The SMILES string of the molecule is CCCCn1c(N)c(N(Cc2ccco2)C(=O)CCc2ccc(-c3ccccc3)[nH]2)c(=O)[nH]c1=O. The van der Waals surface area contributed by atoms with Gasteiger partial charge in [-0.25, -0.2) is 4.79 Å². The van der Waals surface area contributed by atoms with Crippen LogP contribution in [0.3, 0.4) is 0 Å². The van der Waals surface area contributed by atoms with Crippen molar-refractivity contribution in [3.8, 4) is 11.3 Å². The van der Waals surface area contributed by atoms with Crippen molar-refractivity contribution < 1.29 is 9.21 Å². The number of nitrogens with two attached hydrogens (primary N) is 1. The molecule has 0 aliphatic heterocycles. The predicted octanol–water partition coefficient (Wildman–Crippen LogP) is 3.67. The number of furan rings is 1. The minimum Gasteiger partial charge on any atom is -0.467 e. The van der Waals surface area contributed by atoms with Crippen LogP contribution in [0.15, 0.2) is 74.9 Å². The van der Waals surface area contributed by atoms with Crippen LogP contribution in [0, 0.1) is 0 Å². The van der Waals surface area contributed by atoms with Crippen LogP contribution in [0.1, 0.15) is 37.6 Å². The van der Waals surface area contributed by atoms with Crippen molar-refractivity contribution in [2.45, 2.75) is 45.7 Å². The number of aryl methyl sites for hydroxylation is 1. The highest BCUT2D eigenvalue weighted by molar-refractivity contribution is 5.95. The van der Waals surface area contributed by atoms with Crippen molar-refractivity contribution in [1.82, 2.24) is 14.5 Å². The molecule has 1 amide bonds. The third-order valence-electron chi connectivity index (χ3n) is 5.85. The summed E-state index contributed by atoms with van der Waals surface area (Å²) in [6, 6.07) is 17.2. The van der Waals surface area contributed by atoms with Crippen molar-refractivity contribution in [3.63, 3.8) is 0 Å². The van der Waals surface area contributed by atoms with E-state index in [0.29, 0.717) is 25.1 Å². The lowest BCUT2D eigenvalue weighted by Gasteiger charge is -2.24. The molecule has 0 unspecified atom stereocenters. The predicted molar refractivity (Wildman–Crippen MR) is 135 cm³/mol. The Hall–Kier alpha value is -4.27. The molecule has 0 spiro atoms. The molecule has 3 heterocycles. The number of rotatable bonds is 10.